The predicted octanol–water partition coefficient (Wildman–Crippen LogP) is 2.77. The Morgan fingerprint density at radius 2 is 2.20 bits per heavy atom. The average Bonchev–Trinajstić information content (AvgIpc) is 2.95. The highest BCUT2D eigenvalue weighted by Gasteiger charge is 2.18. The van der Waals surface area contributed by atoms with Gasteiger partial charge in [0.1, 0.15) is 0 Å². The van der Waals surface area contributed by atoms with E-state index in [-0.39, 0.29) is 0 Å². The van der Waals surface area contributed by atoms with Crippen molar-refractivity contribution >= 4 is 22.9 Å². The van der Waals surface area contributed by atoms with Gasteiger partial charge in [-0.3, -0.25) is 4.68 Å². The molecule has 2 aromatic rings. The van der Waals surface area contributed by atoms with Gasteiger partial charge in [-0.05, 0) is 20.4 Å². The van der Waals surface area contributed by atoms with Crippen molar-refractivity contribution in [3.8, 4) is 0 Å². The molecule has 1 atom stereocenters. The topological polar surface area (TPSA) is 42.7 Å². The zero-order chi connectivity index (χ0) is 14.7. The van der Waals surface area contributed by atoms with Crippen LogP contribution in [0.2, 0.25) is 5.02 Å². The van der Waals surface area contributed by atoms with Crippen LogP contribution >= 0.6 is 22.9 Å². The van der Waals surface area contributed by atoms with E-state index in [1.807, 2.05) is 25.7 Å². The number of hydrogen-bond donors (Lipinski definition) is 1. The van der Waals surface area contributed by atoms with Gasteiger partial charge in [0.25, 0.3) is 0 Å². The Morgan fingerprint density at radius 1 is 1.45 bits per heavy atom. The molecule has 0 aliphatic carbocycles. The Bertz CT molecular complexity index is 576. The van der Waals surface area contributed by atoms with Crippen LogP contribution < -0.4 is 5.32 Å². The molecule has 0 aliphatic rings. The highest BCUT2D eigenvalue weighted by atomic mass is 35.5. The largest absolute Gasteiger partial charge is 0.316 e. The summed E-state index contributed by atoms with van der Waals surface area (Å²) in [6.07, 6.45) is 2.63. The first-order chi connectivity index (χ1) is 9.55. The maximum Gasteiger partial charge on any atom is 0.0897 e. The van der Waals surface area contributed by atoms with Gasteiger partial charge in [0, 0.05) is 31.3 Å². The maximum absolute atomic E-state index is 6.41. The van der Waals surface area contributed by atoms with Crippen LogP contribution in [-0.2, 0) is 26.3 Å². The summed E-state index contributed by atoms with van der Waals surface area (Å²) in [4.78, 5) is 4.53. The van der Waals surface area contributed by atoms with Gasteiger partial charge >= 0.3 is 0 Å². The van der Waals surface area contributed by atoms with Gasteiger partial charge in [-0.15, -0.1) is 11.3 Å². The lowest BCUT2D eigenvalue weighted by atomic mass is 10.1. The first-order valence-corrected chi connectivity index (χ1v) is 8.09. The predicted molar refractivity (Wildman–Crippen MR) is 84.7 cm³/mol. The average molecular weight is 313 g/mol. The fourth-order valence-electron chi connectivity index (χ4n) is 2.31. The molecule has 110 valence electrons. The Labute approximate surface area is 129 Å². The lowest BCUT2D eigenvalue weighted by Crippen LogP contribution is -2.31. The standard InChI is InChI=1S/C14H21ClN4S/c1-5-12-14(15)13(19(4)18-12)7-10(16-3)6-11-8-20-9(2)17-11/h8,10,16H,5-7H2,1-4H3. The Morgan fingerprint density at radius 3 is 2.70 bits per heavy atom. The number of nitrogens with one attached hydrogen (secondary N) is 1. The van der Waals surface area contributed by atoms with Crippen molar-refractivity contribution in [3.63, 3.8) is 0 Å². The van der Waals surface area contributed by atoms with Crippen LogP contribution in [-0.4, -0.2) is 27.9 Å². The van der Waals surface area contributed by atoms with E-state index in [0.717, 1.165) is 46.4 Å². The third-order valence-corrected chi connectivity index (χ3v) is 4.73. The summed E-state index contributed by atoms with van der Waals surface area (Å²) in [7, 11) is 3.94. The molecule has 0 amide bonds. The molecule has 6 heteroatoms. The minimum atomic E-state index is 0.314. The number of rotatable bonds is 6. The van der Waals surface area contributed by atoms with Crippen LogP contribution in [0.15, 0.2) is 5.38 Å². The first-order valence-electron chi connectivity index (χ1n) is 6.83. The summed E-state index contributed by atoms with van der Waals surface area (Å²) in [6.45, 7) is 4.11. The van der Waals surface area contributed by atoms with Gasteiger partial charge in [0.05, 0.1) is 27.1 Å². The smallest absolute Gasteiger partial charge is 0.0897 e. The highest BCUT2D eigenvalue weighted by Crippen LogP contribution is 2.23. The fourth-order valence-corrected chi connectivity index (χ4v) is 3.30. The molecule has 0 radical (unpaired) electrons. The normalized spacial score (nSPS) is 12.8. The van der Waals surface area contributed by atoms with Crippen LogP contribution in [0.1, 0.15) is 29.0 Å². The molecule has 1 N–H and O–H groups in total. The van der Waals surface area contributed by atoms with E-state index in [1.165, 1.54) is 0 Å². The van der Waals surface area contributed by atoms with Crippen molar-refractivity contribution in [3.05, 3.63) is 32.5 Å². The molecule has 1 unspecified atom stereocenters. The fraction of sp³-hybridized carbons (Fsp3) is 0.571. The zero-order valence-electron chi connectivity index (χ0n) is 12.4. The van der Waals surface area contributed by atoms with Crippen molar-refractivity contribution in [1.29, 1.82) is 0 Å². The van der Waals surface area contributed by atoms with Crippen LogP contribution in [0.25, 0.3) is 0 Å². The molecule has 2 heterocycles. The molecule has 0 fully saturated rings. The van der Waals surface area contributed by atoms with Gasteiger partial charge in [0.2, 0.25) is 0 Å². The van der Waals surface area contributed by atoms with E-state index in [9.17, 15) is 0 Å². The molecule has 4 nitrogen and oxygen atoms in total. The van der Waals surface area contributed by atoms with Crippen molar-refractivity contribution in [1.82, 2.24) is 20.1 Å². The van der Waals surface area contributed by atoms with Crippen molar-refractivity contribution in [2.45, 2.75) is 39.2 Å². The number of aryl methyl sites for hydroxylation is 3. The number of likely N-dealkylation sites (N-methyl/N-ethyl adjacent to an activating group) is 1. The molecule has 20 heavy (non-hydrogen) atoms. The first kappa shape index (κ1) is 15.5. The van der Waals surface area contributed by atoms with E-state index < -0.39 is 0 Å². The second-order valence-corrected chi connectivity index (χ2v) is 6.38. The molecule has 0 bridgehead atoms. The van der Waals surface area contributed by atoms with Crippen LogP contribution in [0.4, 0.5) is 0 Å². The summed E-state index contributed by atoms with van der Waals surface area (Å²) in [6, 6.07) is 0.314. The van der Waals surface area contributed by atoms with Gasteiger partial charge in [0.15, 0.2) is 0 Å². The molecule has 0 aromatic carbocycles. The van der Waals surface area contributed by atoms with Gasteiger partial charge in [-0.2, -0.15) is 5.10 Å². The lowest BCUT2D eigenvalue weighted by Gasteiger charge is -2.15. The van der Waals surface area contributed by atoms with Crippen LogP contribution in [0.5, 0.6) is 0 Å². The van der Waals surface area contributed by atoms with Crippen molar-refractivity contribution in [2.75, 3.05) is 7.05 Å². The monoisotopic (exact) mass is 312 g/mol. The molecule has 2 rings (SSSR count). The number of halogens is 1. The van der Waals surface area contributed by atoms with Crippen molar-refractivity contribution < 1.29 is 0 Å². The summed E-state index contributed by atoms with van der Waals surface area (Å²) in [5.74, 6) is 0. The molecule has 0 aliphatic heterocycles. The molecule has 0 saturated carbocycles. The van der Waals surface area contributed by atoms with Crippen LogP contribution in [0, 0.1) is 6.92 Å². The third kappa shape index (κ3) is 3.40. The second-order valence-electron chi connectivity index (χ2n) is 4.94. The van der Waals surface area contributed by atoms with Crippen molar-refractivity contribution in [2.24, 2.45) is 7.05 Å². The molecule has 2 aromatic heterocycles. The quantitative estimate of drug-likeness (QED) is 0.892. The lowest BCUT2D eigenvalue weighted by molar-refractivity contribution is 0.529. The van der Waals surface area contributed by atoms with E-state index in [0.29, 0.717) is 6.04 Å². The van der Waals surface area contributed by atoms with Gasteiger partial charge < -0.3 is 5.32 Å². The van der Waals surface area contributed by atoms with E-state index >= 15 is 0 Å². The van der Waals surface area contributed by atoms with E-state index in [4.69, 9.17) is 11.6 Å². The minimum Gasteiger partial charge on any atom is -0.316 e. The Kier molecular flexibility index (Phi) is 5.18. The summed E-state index contributed by atoms with van der Waals surface area (Å²) < 4.78 is 1.90. The second kappa shape index (κ2) is 6.70. The summed E-state index contributed by atoms with van der Waals surface area (Å²) in [5.41, 5.74) is 3.21. The molecule has 0 saturated heterocycles. The number of aromatic nitrogens is 3. The summed E-state index contributed by atoms with van der Waals surface area (Å²) in [5, 5.41) is 11.9. The third-order valence-electron chi connectivity index (χ3n) is 3.47. The maximum atomic E-state index is 6.41. The van der Waals surface area contributed by atoms with E-state index in [1.54, 1.807) is 11.3 Å². The Balaban J connectivity index is 2.12. The molecular formula is C14H21ClN4S. The Hall–Kier alpha value is -0.910. The zero-order valence-corrected chi connectivity index (χ0v) is 14.0. The SMILES string of the molecule is CCc1nn(C)c(CC(Cc2csc(C)n2)NC)c1Cl. The molecule has 0 spiro atoms. The minimum absolute atomic E-state index is 0.314. The number of thiazole rings is 1. The van der Waals surface area contributed by atoms with Crippen LogP contribution in [0.3, 0.4) is 0 Å². The van der Waals surface area contributed by atoms with E-state index in [2.05, 4.69) is 27.7 Å². The number of nitrogens with zero attached hydrogens (tertiary/aromatic N) is 3. The molecular weight excluding hydrogens is 292 g/mol. The van der Waals surface area contributed by atoms with Gasteiger partial charge in [-0.1, -0.05) is 18.5 Å². The van der Waals surface area contributed by atoms with Gasteiger partial charge in [-0.25, -0.2) is 4.98 Å². The number of hydrogen-bond acceptors (Lipinski definition) is 4. The summed E-state index contributed by atoms with van der Waals surface area (Å²) >= 11 is 8.11. The highest BCUT2D eigenvalue weighted by molar-refractivity contribution is 7.09.